The van der Waals surface area contributed by atoms with Crippen LogP contribution < -0.4 is 16.0 Å². The van der Waals surface area contributed by atoms with Gasteiger partial charge < -0.3 is 20.7 Å². The molecule has 6 nitrogen and oxygen atoms in total. The van der Waals surface area contributed by atoms with E-state index in [9.17, 15) is 4.79 Å². The van der Waals surface area contributed by atoms with Gasteiger partial charge in [0, 0.05) is 18.8 Å². The second-order valence-corrected chi connectivity index (χ2v) is 4.57. The lowest BCUT2D eigenvalue weighted by molar-refractivity contribution is 0.0761. The largest absolute Gasteiger partial charge is 0.399 e. The number of hydrogen-bond acceptors (Lipinski definition) is 5. The standard InChI is InChI=1S/C14H18N4O2/c1-2-17-14(19)12-4-3-10(16)7-13(12)18-5-6-20-11(8-15)9-18/h3-4,7,11H,2,5-6,9,16H2,1H3,(H,17,19). The van der Waals surface area contributed by atoms with Gasteiger partial charge in [0.1, 0.15) is 0 Å². The number of carbonyl (C=O) groups excluding carboxylic acids is 1. The van der Waals surface area contributed by atoms with Gasteiger partial charge in [-0.05, 0) is 25.1 Å². The van der Waals surface area contributed by atoms with Crippen molar-refractivity contribution in [1.82, 2.24) is 5.32 Å². The van der Waals surface area contributed by atoms with Gasteiger partial charge in [0.2, 0.25) is 0 Å². The fraction of sp³-hybridized carbons (Fsp3) is 0.429. The van der Waals surface area contributed by atoms with Gasteiger partial charge in [0.05, 0.1) is 30.5 Å². The van der Waals surface area contributed by atoms with Crippen LogP contribution in [0.1, 0.15) is 17.3 Å². The molecule has 1 aromatic rings. The van der Waals surface area contributed by atoms with Gasteiger partial charge in [-0.1, -0.05) is 0 Å². The first-order chi connectivity index (χ1) is 9.65. The number of nitrogens with one attached hydrogen (secondary N) is 1. The minimum absolute atomic E-state index is 0.137. The molecule has 1 unspecified atom stereocenters. The monoisotopic (exact) mass is 274 g/mol. The lowest BCUT2D eigenvalue weighted by Crippen LogP contribution is -2.42. The number of nitriles is 1. The third kappa shape index (κ3) is 3.00. The Hall–Kier alpha value is -2.26. The number of morpholine rings is 1. The molecule has 1 heterocycles. The molecule has 20 heavy (non-hydrogen) atoms. The molecule has 0 radical (unpaired) electrons. The highest BCUT2D eigenvalue weighted by Crippen LogP contribution is 2.25. The summed E-state index contributed by atoms with van der Waals surface area (Å²) in [5.41, 5.74) is 7.73. The van der Waals surface area contributed by atoms with E-state index >= 15 is 0 Å². The maximum Gasteiger partial charge on any atom is 0.253 e. The number of nitrogens with zero attached hydrogens (tertiary/aromatic N) is 2. The van der Waals surface area contributed by atoms with Crippen molar-refractivity contribution in [3.8, 4) is 6.07 Å². The van der Waals surface area contributed by atoms with Crippen molar-refractivity contribution in [3.63, 3.8) is 0 Å². The Morgan fingerprint density at radius 2 is 2.45 bits per heavy atom. The molecule has 1 amide bonds. The Kier molecular flexibility index (Phi) is 4.43. The molecule has 1 aliphatic heterocycles. The summed E-state index contributed by atoms with van der Waals surface area (Å²) < 4.78 is 5.32. The first-order valence-electron chi connectivity index (χ1n) is 6.59. The molecule has 1 aromatic carbocycles. The molecule has 3 N–H and O–H groups in total. The molecule has 1 saturated heterocycles. The van der Waals surface area contributed by atoms with E-state index in [1.54, 1.807) is 18.2 Å². The second-order valence-electron chi connectivity index (χ2n) is 4.57. The number of amides is 1. The number of rotatable bonds is 3. The molecular formula is C14H18N4O2. The fourth-order valence-electron chi connectivity index (χ4n) is 2.20. The molecule has 0 bridgehead atoms. The summed E-state index contributed by atoms with van der Waals surface area (Å²) in [6.45, 7) is 3.96. The Balaban J connectivity index is 2.31. The predicted octanol–water partition coefficient (Wildman–Crippen LogP) is 0.747. The second kappa shape index (κ2) is 6.26. The lowest BCUT2D eigenvalue weighted by atomic mass is 10.1. The van der Waals surface area contributed by atoms with Crippen LogP contribution in [-0.4, -0.2) is 38.3 Å². The van der Waals surface area contributed by atoms with Crippen LogP contribution in [0.4, 0.5) is 11.4 Å². The number of nitrogen functional groups attached to an aromatic ring is 1. The summed E-state index contributed by atoms with van der Waals surface area (Å²) >= 11 is 0. The highest BCUT2D eigenvalue weighted by atomic mass is 16.5. The SMILES string of the molecule is CCNC(=O)c1ccc(N)cc1N1CCOC(C#N)C1. The Morgan fingerprint density at radius 1 is 1.65 bits per heavy atom. The van der Waals surface area contributed by atoms with Crippen molar-refractivity contribution < 1.29 is 9.53 Å². The zero-order chi connectivity index (χ0) is 14.5. The summed E-state index contributed by atoms with van der Waals surface area (Å²) in [6.07, 6.45) is -0.479. The van der Waals surface area contributed by atoms with E-state index in [0.717, 1.165) is 5.69 Å². The smallest absolute Gasteiger partial charge is 0.253 e. The summed E-state index contributed by atoms with van der Waals surface area (Å²) in [5, 5.41) is 11.8. The van der Waals surface area contributed by atoms with Gasteiger partial charge >= 0.3 is 0 Å². The van der Waals surface area contributed by atoms with E-state index < -0.39 is 6.10 Å². The highest BCUT2D eigenvalue weighted by Gasteiger charge is 2.23. The molecule has 0 spiro atoms. The zero-order valence-electron chi connectivity index (χ0n) is 11.4. The van der Waals surface area contributed by atoms with Gasteiger partial charge in [0.15, 0.2) is 6.10 Å². The van der Waals surface area contributed by atoms with E-state index in [4.69, 9.17) is 15.7 Å². The molecule has 2 rings (SSSR count). The van der Waals surface area contributed by atoms with E-state index in [0.29, 0.717) is 37.5 Å². The van der Waals surface area contributed by atoms with Crippen molar-refractivity contribution in [1.29, 1.82) is 5.26 Å². The average Bonchev–Trinajstić information content (AvgIpc) is 2.47. The minimum Gasteiger partial charge on any atom is -0.399 e. The summed E-state index contributed by atoms with van der Waals surface area (Å²) in [5.74, 6) is -0.137. The first-order valence-corrected chi connectivity index (χ1v) is 6.59. The van der Waals surface area contributed by atoms with Crippen molar-refractivity contribution in [2.75, 3.05) is 36.9 Å². The Labute approximate surface area is 118 Å². The summed E-state index contributed by atoms with van der Waals surface area (Å²) in [7, 11) is 0. The molecule has 1 atom stereocenters. The molecule has 0 aliphatic carbocycles. The van der Waals surface area contributed by atoms with Crippen LogP contribution >= 0.6 is 0 Å². The van der Waals surface area contributed by atoms with E-state index in [-0.39, 0.29) is 5.91 Å². The van der Waals surface area contributed by atoms with Gasteiger partial charge in [0.25, 0.3) is 5.91 Å². The molecule has 1 fully saturated rings. The van der Waals surface area contributed by atoms with Crippen LogP contribution in [0.2, 0.25) is 0 Å². The molecule has 6 heteroatoms. The molecule has 106 valence electrons. The van der Waals surface area contributed by atoms with Crippen LogP contribution in [0.15, 0.2) is 18.2 Å². The summed E-state index contributed by atoms with van der Waals surface area (Å²) in [4.78, 5) is 14.1. The molecule has 1 aliphatic rings. The van der Waals surface area contributed by atoms with Crippen molar-refractivity contribution >= 4 is 17.3 Å². The predicted molar refractivity (Wildman–Crippen MR) is 76.4 cm³/mol. The summed E-state index contributed by atoms with van der Waals surface area (Å²) in [6, 6.07) is 7.28. The van der Waals surface area contributed by atoms with Crippen molar-refractivity contribution in [2.45, 2.75) is 13.0 Å². The van der Waals surface area contributed by atoms with E-state index in [2.05, 4.69) is 11.4 Å². The van der Waals surface area contributed by atoms with Crippen molar-refractivity contribution in [3.05, 3.63) is 23.8 Å². The number of benzene rings is 1. The molecule has 0 saturated carbocycles. The molecular weight excluding hydrogens is 256 g/mol. The van der Waals surface area contributed by atoms with Crippen LogP contribution in [-0.2, 0) is 4.74 Å². The average molecular weight is 274 g/mol. The topological polar surface area (TPSA) is 91.4 Å². The van der Waals surface area contributed by atoms with Gasteiger partial charge in [-0.15, -0.1) is 0 Å². The Bertz CT molecular complexity index is 538. The normalized spacial score (nSPS) is 18.4. The van der Waals surface area contributed by atoms with Gasteiger partial charge in [-0.2, -0.15) is 5.26 Å². The molecule has 0 aromatic heterocycles. The fourth-order valence-corrected chi connectivity index (χ4v) is 2.20. The lowest BCUT2D eigenvalue weighted by Gasteiger charge is -2.32. The van der Waals surface area contributed by atoms with Crippen LogP contribution in [0, 0.1) is 11.3 Å². The van der Waals surface area contributed by atoms with E-state index in [1.807, 2.05) is 11.8 Å². The number of carbonyl (C=O) groups is 1. The number of ether oxygens (including phenoxy) is 1. The van der Waals surface area contributed by atoms with Gasteiger partial charge in [-0.25, -0.2) is 0 Å². The number of anilines is 2. The van der Waals surface area contributed by atoms with Crippen LogP contribution in [0.5, 0.6) is 0 Å². The first kappa shape index (κ1) is 14.2. The maximum absolute atomic E-state index is 12.1. The quantitative estimate of drug-likeness (QED) is 0.793. The number of nitrogens with two attached hydrogens (primary N) is 1. The van der Waals surface area contributed by atoms with Gasteiger partial charge in [-0.3, -0.25) is 4.79 Å². The third-order valence-corrected chi connectivity index (χ3v) is 3.15. The highest BCUT2D eigenvalue weighted by molar-refractivity contribution is 6.00. The van der Waals surface area contributed by atoms with Crippen LogP contribution in [0.25, 0.3) is 0 Å². The van der Waals surface area contributed by atoms with E-state index in [1.165, 1.54) is 0 Å². The van der Waals surface area contributed by atoms with Crippen LogP contribution in [0.3, 0.4) is 0 Å². The zero-order valence-corrected chi connectivity index (χ0v) is 11.4. The number of hydrogen-bond donors (Lipinski definition) is 2. The maximum atomic E-state index is 12.1. The third-order valence-electron chi connectivity index (χ3n) is 3.15. The van der Waals surface area contributed by atoms with Crippen molar-refractivity contribution in [2.24, 2.45) is 0 Å². The minimum atomic E-state index is -0.479. The Morgan fingerprint density at radius 3 is 3.15 bits per heavy atom.